The van der Waals surface area contributed by atoms with Crippen molar-refractivity contribution in [3.8, 4) is 5.75 Å². The summed E-state index contributed by atoms with van der Waals surface area (Å²) >= 11 is 0. The SMILES string of the molecule is CCN(c1ccccc1)S(=O)(=O)c1ccccc1NC(=O)CCOc1ccc(C)cc1. The molecular formula is C24H26N2O4S. The lowest BCUT2D eigenvalue weighted by Gasteiger charge is -2.24. The highest BCUT2D eigenvalue weighted by atomic mass is 32.2. The summed E-state index contributed by atoms with van der Waals surface area (Å²) in [4.78, 5) is 12.5. The van der Waals surface area contributed by atoms with Gasteiger partial charge in [-0.15, -0.1) is 0 Å². The Morgan fingerprint density at radius 1 is 0.935 bits per heavy atom. The Balaban J connectivity index is 1.72. The van der Waals surface area contributed by atoms with Crippen molar-refractivity contribution in [3.05, 3.63) is 84.4 Å². The lowest BCUT2D eigenvalue weighted by Crippen LogP contribution is -2.31. The fourth-order valence-electron chi connectivity index (χ4n) is 3.11. The van der Waals surface area contributed by atoms with Gasteiger partial charge in [0, 0.05) is 6.54 Å². The minimum atomic E-state index is -3.86. The molecular weight excluding hydrogens is 412 g/mol. The van der Waals surface area contributed by atoms with Gasteiger partial charge in [0.1, 0.15) is 10.6 Å². The normalized spacial score (nSPS) is 11.0. The largest absolute Gasteiger partial charge is 0.493 e. The molecule has 3 rings (SSSR count). The summed E-state index contributed by atoms with van der Waals surface area (Å²) in [7, 11) is -3.86. The molecule has 1 N–H and O–H groups in total. The summed E-state index contributed by atoms with van der Waals surface area (Å²) in [5, 5.41) is 2.72. The molecule has 0 atom stereocenters. The van der Waals surface area contributed by atoms with Crippen molar-refractivity contribution < 1.29 is 17.9 Å². The fourth-order valence-corrected chi connectivity index (χ4v) is 4.73. The maximum absolute atomic E-state index is 13.3. The van der Waals surface area contributed by atoms with Crippen molar-refractivity contribution in [2.24, 2.45) is 0 Å². The average Bonchev–Trinajstić information content (AvgIpc) is 2.76. The number of hydrogen-bond donors (Lipinski definition) is 1. The van der Waals surface area contributed by atoms with Gasteiger partial charge in [0.05, 0.1) is 24.4 Å². The van der Waals surface area contributed by atoms with E-state index in [2.05, 4.69) is 5.32 Å². The lowest BCUT2D eigenvalue weighted by atomic mass is 10.2. The van der Waals surface area contributed by atoms with Crippen LogP contribution in [0.4, 0.5) is 11.4 Å². The van der Waals surface area contributed by atoms with E-state index in [9.17, 15) is 13.2 Å². The Hall–Kier alpha value is -3.32. The van der Waals surface area contributed by atoms with Crippen LogP contribution in [0.3, 0.4) is 0 Å². The van der Waals surface area contributed by atoms with Crippen molar-refractivity contribution in [2.45, 2.75) is 25.2 Å². The summed E-state index contributed by atoms with van der Waals surface area (Å²) in [6.07, 6.45) is 0.0957. The Labute approximate surface area is 183 Å². The Morgan fingerprint density at radius 3 is 2.26 bits per heavy atom. The molecule has 0 radical (unpaired) electrons. The number of benzene rings is 3. The quantitative estimate of drug-likeness (QED) is 0.529. The molecule has 0 unspecified atom stereocenters. The molecule has 7 heteroatoms. The first kappa shape index (κ1) is 22.4. The molecule has 0 aliphatic rings. The maximum Gasteiger partial charge on any atom is 0.266 e. The zero-order valence-corrected chi connectivity index (χ0v) is 18.4. The van der Waals surface area contributed by atoms with Crippen LogP contribution >= 0.6 is 0 Å². The van der Waals surface area contributed by atoms with Crippen molar-refractivity contribution in [1.82, 2.24) is 0 Å². The van der Waals surface area contributed by atoms with E-state index in [1.165, 1.54) is 10.4 Å². The molecule has 0 saturated carbocycles. The lowest BCUT2D eigenvalue weighted by molar-refractivity contribution is -0.116. The van der Waals surface area contributed by atoms with E-state index in [0.29, 0.717) is 11.4 Å². The van der Waals surface area contributed by atoms with E-state index in [-0.39, 0.29) is 36.1 Å². The predicted molar refractivity (Wildman–Crippen MR) is 123 cm³/mol. The molecule has 0 bridgehead atoms. The third-order valence-electron chi connectivity index (χ3n) is 4.68. The van der Waals surface area contributed by atoms with Gasteiger partial charge in [-0.2, -0.15) is 0 Å². The second-order valence-electron chi connectivity index (χ2n) is 6.96. The minimum absolute atomic E-state index is 0.0495. The third-order valence-corrected chi connectivity index (χ3v) is 6.64. The number of sulfonamides is 1. The number of carbonyl (C=O) groups excluding carboxylic acids is 1. The minimum Gasteiger partial charge on any atom is -0.493 e. The summed E-state index contributed by atoms with van der Waals surface area (Å²) in [6, 6.07) is 22.9. The average molecular weight is 439 g/mol. The maximum atomic E-state index is 13.3. The van der Waals surface area contributed by atoms with Crippen LogP contribution in [-0.4, -0.2) is 27.5 Å². The van der Waals surface area contributed by atoms with Crippen LogP contribution in [0.15, 0.2) is 83.8 Å². The number of nitrogens with one attached hydrogen (secondary N) is 1. The van der Waals surface area contributed by atoms with Gasteiger partial charge in [-0.25, -0.2) is 8.42 Å². The van der Waals surface area contributed by atoms with E-state index in [1.807, 2.05) is 37.3 Å². The van der Waals surface area contributed by atoms with Gasteiger partial charge in [-0.05, 0) is 50.2 Å². The van der Waals surface area contributed by atoms with E-state index >= 15 is 0 Å². The van der Waals surface area contributed by atoms with Gasteiger partial charge < -0.3 is 10.1 Å². The van der Waals surface area contributed by atoms with Crippen molar-refractivity contribution in [1.29, 1.82) is 0 Å². The van der Waals surface area contributed by atoms with Gasteiger partial charge in [0.25, 0.3) is 10.0 Å². The summed E-state index contributed by atoms with van der Waals surface area (Å²) in [5.41, 5.74) is 1.94. The van der Waals surface area contributed by atoms with Crippen LogP contribution in [0, 0.1) is 6.92 Å². The summed E-state index contributed by atoms with van der Waals surface area (Å²) in [5.74, 6) is 0.361. The van der Waals surface area contributed by atoms with Gasteiger partial charge in [0.15, 0.2) is 0 Å². The number of aryl methyl sites for hydroxylation is 1. The second-order valence-corrected chi connectivity index (χ2v) is 8.79. The number of rotatable bonds is 9. The van der Waals surface area contributed by atoms with Crippen LogP contribution in [0.25, 0.3) is 0 Å². The number of hydrogen-bond acceptors (Lipinski definition) is 4. The monoisotopic (exact) mass is 438 g/mol. The summed E-state index contributed by atoms with van der Waals surface area (Å²) in [6.45, 7) is 4.21. The number of ether oxygens (including phenoxy) is 1. The molecule has 162 valence electrons. The molecule has 0 fully saturated rings. The second kappa shape index (κ2) is 10.1. The van der Waals surface area contributed by atoms with Crippen molar-refractivity contribution in [3.63, 3.8) is 0 Å². The molecule has 3 aromatic rings. The van der Waals surface area contributed by atoms with Gasteiger partial charge in [-0.1, -0.05) is 48.0 Å². The van der Waals surface area contributed by atoms with E-state index in [0.717, 1.165) is 5.56 Å². The van der Waals surface area contributed by atoms with Gasteiger partial charge in [-0.3, -0.25) is 9.10 Å². The zero-order valence-electron chi connectivity index (χ0n) is 17.6. The molecule has 0 spiro atoms. The van der Waals surface area contributed by atoms with Gasteiger partial charge in [0.2, 0.25) is 5.91 Å². The zero-order chi connectivity index (χ0) is 22.3. The molecule has 3 aromatic carbocycles. The van der Waals surface area contributed by atoms with E-state index < -0.39 is 10.0 Å². The van der Waals surface area contributed by atoms with Crippen LogP contribution < -0.4 is 14.4 Å². The van der Waals surface area contributed by atoms with Crippen LogP contribution in [0.5, 0.6) is 5.75 Å². The van der Waals surface area contributed by atoms with Crippen LogP contribution in [0.1, 0.15) is 18.9 Å². The van der Waals surface area contributed by atoms with E-state index in [1.54, 1.807) is 49.4 Å². The van der Waals surface area contributed by atoms with Gasteiger partial charge >= 0.3 is 0 Å². The Kier molecular flexibility index (Phi) is 7.31. The topological polar surface area (TPSA) is 75.7 Å². The smallest absolute Gasteiger partial charge is 0.266 e. The third kappa shape index (κ3) is 5.64. The first-order valence-corrected chi connectivity index (χ1v) is 11.5. The molecule has 6 nitrogen and oxygen atoms in total. The molecule has 0 saturated heterocycles. The summed E-state index contributed by atoms with van der Waals surface area (Å²) < 4.78 is 33.6. The number of amides is 1. The highest BCUT2D eigenvalue weighted by molar-refractivity contribution is 7.93. The Bertz CT molecular complexity index is 1110. The van der Waals surface area contributed by atoms with Crippen molar-refractivity contribution >= 4 is 27.3 Å². The molecule has 0 aromatic heterocycles. The number of anilines is 2. The Morgan fingerprint density at radius 2 is 1.58 bits per heavy atom. The predicted octanol–water partition coefficient (Wildman–Crippen LogP) is 4.62. The van der Waals surface area contributed by atoms with Crippen LogP contribution in [-0.2, 0) is 14.8 Å². The van der Waals surface area contributed by atoms with Crippen molar-refractivity contribution in [2.75, 3.05) is 22.8 Å². The standard InChI is InChI=1S/C24H26N2O4S/c1-3-26(20-9-5-4-6-10-20)31(28,29)23-12-8-7-11-22(23)25-24(27)17-18-30-21-15-13-19(2)14-16-21/h4-16H,3,17-18H2,1-2H3,(H,25,27). The highest BCUT2D eigenvalue weighted by Gasteiger charge is 2.26. The molecule has 1 amide bonds. The fraction of sp³-hybridized carbons (Fsp3) is 0.208. The molecule has 0 aliphatic carbocycles. The first-order chi connectivity index (χ1) is 14.9. The molecule has 0 heterocycles. The number of para-hydroxylation sites is 2. The number of nitrogens with zero attached hydrogens (tertiary/aromatic N) is 1. The van der Waals surface area contributed by atoms with E-state index in [4.69, 9.17) is 4.74 Å². The molecule has 0 aliphatic heterocycles. The first-order valence-electron chi connectivity index (χ1n) is 10.1. The van der Waals surface area contributed by atoms with Crippen LogP contribution in [0.2, 0.25) is 0 Å². The molecule has 31 heavy (non-hydrogen) atoms. The highest BCUT2D eigenvalue weighted by Crippen LogP contribution is 2.28. The number of carbonyl (C=O) groups is 1.